The number of carbonyl (C=O) groups is 1. The Morgan fingerprint density at radius 2 is 1.91 bits per heavy atom. The maximum Gasteiger partial charge on any atom is 0.446 e. The van der Waals surface area contributed by atoms with E-state index in [9.17, 15) is 14.0 Å². The molecule has 3 aromatic rings. The van der Waals surface area contributed by atoms with Gasteiger partial charge in [-0.15, -0.1) is 0 Å². The summed E-state index contributed by atoms with van der Waals surface area (Å²) < 4.78 is 30.3. The highest BCUT2D eigenvalue weighted by molar-refractivity contribution is 9.10. The first kappa shape index (κ1) is 23.5. The van der Waals surface area contributed by atoms with Crippen LogP contribution in [0.2, 0.25) is 0 Å². The van der Waals surface area contributed by atoms with Gasteiger partial charge in [0.25, 0.3) is 0 Å². The summed E-state index contributed by atoms with van der Waals surface area (Å²) >= 11 is 3.12. The molecule has 2 atom stereocenters. The molecule has 1 aromatic carbocycles. The van der Waals surface area contributed by atoms with Gasteiger partial charge in [0.2, 0.25) is 11.6 Å². The minimum absolute atomic E-state index is 0.0727. The number of nitrogens with zero attached hydrogens (tertiary/aromatic N) is 5. The number of likely N-dealkylation sites (tertiary alicyclic amines) is 1. The average molecular weight is 551 g/mol. The Morgan fingerprint density at radius 3 is 2.57 bits per heavy atom. The summed E-state index contributed by atoms with van der Waals surface area (Å²) in [6, 6.07) is 4.16. The lowest BCUT2D eigenvalue weighted by Gasteiger charge is -2.25. The van der Waals surface area contributed by atoms with E-state index in [2.05, 4.69) is 36.7 Å². The van der Waals surface area contributed by atoms with E-state index in [0.717, 1.165) is 17.4 Å². The third-order valence-corrected chi connectivity index (χ3v) is 6.82. The number of rotatable bonds is 4. The van der Waals surface area contributed by atoms with Crippen molar-refractivity contribution < 1.29 is 23.1 Å². The van der Waals surface area contributed by atoms with E-state index in [1.165, 1.54) is 18.2 Å². The van der Waals surface area contributed by atoms with Gasteiger partial charge in [-0.2, -0.15) is 0 Å². The molecule has 35 heavy (non-hydrogen) atoms. The van der Waals surface area contributed by atoms with Gasteiger partial charge < -0.3 is 15.0 Å². The molecule has 0 radical (unpaired) electrons. The van der Waals surface area contributed by atoms with Crippen LogP contribution in [0.3, 0.4) is 0 Å². The van der Waals surface area contributed by atoms with Crippen LogP contribution in [0.15, 0.2) is 36.6 Å². The molecule has 0 bridgehead atoms. The van der Waals surface area contributed by atoms with Crippen LogP contribution in [0.25, 0.3) is 17.2 Å². The Kier molecular flexibility index (Phi) is 5.90. The molecule has 2 fully saturated rings. The van der Waals surface area contributed by atoms with E-state index < -0.39 is 17.2 Å². The molecule has 2 aliphatic rings. The number of anilines is 1. The smallest absolute Gasteiger partial charge is 0.444 e. The van der Waals surface area contributed by atoms with E-state index in [1.54, 1.807) is 4.90 Å². The van der Waals surface area contributed by atoms with E-state index in [4.69, 9.17) is 13.9 Å². The predicted molar refractivity (Wildman–Crippen MR) is 124 cm³/mol. The van der Waals surface area contributed by atoms with Gasteiger partial charge >= 0.3 is 11.8 Å². The SMILES string of the molecule is CC(C)(C)OC(=O)N1CC2CC(Nc3nonc3-c3noc(=O)n3-c3ccc(F)c(Br)c3)CC2C1. The number of fused-ring (bicyclic) bond motifs is 1. The highest BCUT2D eigenvalue weighted by Crippen LogP contribution is 2.40. The van der Waals surface area contributed by atoms with Crippen LogP contribution in [-0.4, -0.2) is 55.8 Å². The Balaban J connectivity index is 1.30. The Morgan fingerprint density at radius 1 is 1.20 bits per heavy atom. The number of nitrogens with one attached hydrogen (secondary N) is 1. The van der Waals surface area contributed by atoms with Gasteiger partial charge in [0.15, 0.2) is 5.69 Å². The van der Waals surface area contributed by atoms with E-state index in [0.29, 0.717) is 36.4 Å². The molecule has 186 valence electrons. The first-order valence-electron chi connectivity index (χ1n) is 11.2. The van der Waals surface area contributed by atoms with Crippen LogP contribution in [0.5, 0.6) is 0 Å². The summed E-state index contributed by atoms with van der Waals surface area (Å²) in [5.74, 6) is -0.156. The number of ether oxygens (including phenoxy) is 1. The fourth-order valence-corrected chi connectivity index (χ4v) is 5.13. The second-order valence-electron chi connectivity index (χ2n) is 9.89. The topological polar surface area (TPSA) is 129 Å². The van der Waals surface area contributed by atoms with Crippen molar-refractivity contribution in [3.05, 3.63) is 39.0 Å². The summed E-state index contributed by atoms with van der Waals surface area (Å²) in [6.07, 6.45) is 1.37. The van der Waals surface area contributed by atoms with E-state index in [-0.39, 0.29) is 28.1 Å². The molecule has 2 unspecified atom stereocenters. The summed E-state index contributed by atoms with van der Waals surface area (Å²) in [6.45, 7) is 6.85. The van der Waals surface area contributed by atoms with Gasteiger partial charge in [0.05, 0.1) is 10.2 Å². The molecule has 1 saturated heterocycles. The van der Waals surface area contributed by atoms with Crippen molar-refractivity contribution in [3.8, 4) is 17.2 Å². The molecule has 0 spiro atoms. The third kappa shape index (κ3) is 4.68. The van der Waals surface area contributed by atoms with E-state index in [1.807, 2.05) is 20.8 Å². The molecule has 1 aliphatic heterocycles. The molecule has 13 heteroatoms. The van der Waals surface area contributed by atoms with Gasteiger partial charge in [-0.05, 0) is 89.9 Å². The first-order chi connectivity index (χ1) is 16.6. The molecule has 1 saturated carbocycles. The highest BCUT2D eigenvalue weighted by atomic mass is 79.9. The number of benzene rings is 1. The predicted octanol–water partition coefficient (Wildman–Crippen LogP) is 3.83. The molecular formula is C22H24BrFN6O5. The fourth-order valence-electron chi connectivity index (χ4n) is 4.77. The standard InChI is InChI=1S/C22H24BrFN6O5/c1-22(2,3)33-20(31)29-9-11-6-13(7-12(11)10-29)25-18-17(26-35-27-18)19-28-34-21(32)30(19)14-4-5-16(24)15(23)8-14/h4-5,8,11-13H,6-7,9-10H2,1-3H3,(H,25,27). The van der Waals surface area contributed by atoms with Crippen molar-refractivity contribution in [3.63, 3.8) is 0 Å². The van der Waals surface area contributed by atoms with Crippen LogP contribution < -0.4 is 11.1 Å². The quantitative estimate of drug-likeness (QED) is 0.515. The lowest BCUT2D eigenvalue weighted by molar-refractivity contribution is 0.0280. The van der Waals surface area contributed by atoms with Gasteiger partial charge in [0, 0.05) is 19.1 Å². The first-order valence-corrected chi connectivity index (χ1v) is 12.0. The number of hydrogen-bond donors (Lipinski definition) is 1. The second-order valence-corrected chi connectivity index (χ2v) is 10.7. The minimum atomic E-state index is -0.759. The van der Waals surface area contributed by atoms with E-state index >= 15 is 0 Å². The van der Waals surface area contributed by atoms with Gasteiger partial charge in [-0.1, -0.05) is 5.16 Å². The van der Waals surface area contributed by atoms with Crippen molar-refractivity contribution in [2.75, 3.05) is 18.4 Å². The van der Waals surface area contributed by atoms with Crippen LogP contribution in [0.1, 0.15) is 33.6 Å². The van der Waals surface area contributed by atoms with Crippen LogP contribution in [-0.2, 0) is 4.74 Å². The number of amides is 1. The molecule has 1 N–H and O–H groups in total. The summed E-state index contributed by atoms with van der Waals surface area (Å²) in [4.78, 5) is 26.6. The zero-order chi connectivity index (χ0) is 24.9. The van der Waals surface area contributed by atoms with Crippen molar-refractivity contribution in [2.45, 2.75) is 45.3 Å². The average Bonchev–Trinajstić information content (AvgIpc) is 3.52. The molecule has 3 heterocycles. The number of aromatic nitrogens is 4. The van der Waals surface area contributed by atoms with Crippen molar-refractivity contribution in [1.82, 2.24) is 24.9 Å². The third-order valence-electron chi connectivity index (χ3n) is 6.21. The van der Waals surface area contributed by atoms with Crippen LogP contribution >= 0.6 is 15.9 Å². The van der Waals surface area contributed by atoms with Crippen LogP contribution in [0, 0.1) is 17.7 Å². The minimum Gasteiger partial charge on any atom is -0.444 e. The molecule has 1 amide bonds. The maximum absolute atomic E-state index is 13.7. The monoisotopic (exact) mass is 550 g/mol. The largest absolute Gasteiger partial charge is 0.446 e. The summed E-state index contributed by atoms with van der Waals surface area (Å²) in [5, 5.41) is 15.1. The molecule has 1 aliphatic carbocycles. The Labute approximate surface area is 207 Å². The van der Waals surface area contributed by atoms with Gasteiger partial charge in [0.1, 0.15) is 11.4 Å². The number of carbonyl (C=O) groups excluding carboxylic acids is 1. The fraction of sp³-hybridized carbons (Fsp3) is 0.500. The van der Waals surface area contributed by atoms with Gasteiger partial charge in [-0.25, -0.2) is 23.2 Å². The Bertz CT molecular complexity index is 1300. The summed E-state index contributed by atoms with van der Waals surface area (Å²) in [5.41, 5.74) is 0.0103. The van der Waals surface area contributed by atoms with Crippen LogP contribution in [0.4, 0.5) is 15.0 Å². The highest BCUT2D eigenvalue weighted by Gasteiger charge is 2.44. The molecule has 5 rings (SSSR count). The Hall–Kier alpha value is -3.22. The number of halogens is 2. The maximum atomic E-state index is 13.7. The lowest BCUT2D eigenvalue weighted by atomic mass is 10.0. The van der Waals surface area contributed by atoms with Gasteiger partial charge in [-0.3, -0.25) is 4.52 Å². The number of hydrogen-bond acceptors (Lipinski definition) is 9. The lowest BCUT2D eigenvalue weighted by Crippen LogP contribution is -2.36. The second kappa shape index (κ2) is 8.77. The molecule has 11 nitrogen and oxygen atoms in total. The molecule has 2 aromatic heterocycles. The zero-order valence-electron chi connectivity index (χ0n) is 19.3. The molecular weight excluding hydrogens is 527 g/mol. The summed E-state index contributed by atoms with van der Waals surface area (Å²) in [7, 11) is 0. The van der Waals surface area contributed by atoms with Crippen molar-refractivity contribution in [1.29, 1.82) is 0 Å². The van der Waals surface area contributed by atoms with Crippen molar-refractivity contribution >= 4 is 27.8 Å². The normalized spacial score (nSPS) is 21.9. The zero-order valence-corrected chi connectivity index (χ0v) is 20.9. The van der Waals surface area contributed by atoms with Crippen molar-refractivity contribution in [2.24, 2.45) is 11.8 Å².